The van der Waals surface area contributed by atoms with E-state index in [2.05, 4.69) is 32.6 Å². The largest absolute Gasteiger partial charge is 0.472 e. The molecular weight excluding hydrogens is 383 g/mol. The molecule has 0 saturated carbocycles. The van der Waals surface area contributed by atoms with Crippen LogP contribution >= 0.6 is 46.0 Å². The molecule has 0 unspecified atom stereocenters. The Labute approximate surface area is 128 Å². The van der Waals surface area contributed by atoms with Gasteiger partial charge in [0.2, 0.25) is 5.88 Å². The van der Waals surface area contributed by atoms with Crippen LogP contribution in [0.2, 0.25) is 5.15 Å². The Kier molecular flexibility index (Phi) is 5.08. The summed E-state index contributed by atoms with van der Waals surface area (Å²) in [5.41, 5.74) is 1.09. The van der Waals surface area contributed by atoms with Gasteiger partial charge in [0.05, 0.1) is 0 Å². The molecule has 2 rings (SSSR count). The van der Waals surface area contributed by atoms with Gasteiger partial charge in [-0.1, -0.05) is 53.7 Å². The first-order chi connectivity index (χ1) is 8.70. The third-order valence-corrected chi connectivity index (χ3v) is 4.27. The molecule has 0 radical (unpaired) electrons. The molecule has 6 heteroatoms. The number of aromatic nitrogens is 2. The first kappa shape index (κ1) is 13.9. The lowest BCUT2D eigenvalue weighted by atomic mass is 10.2. The predicted molar refractivity (Wildman–Crippen MR) is 82.3 cm³/mol. The van der Waals surface area contributed by atoms with Gasteiger partial charge in [0.1, 0.15) is 10.2 Å². The summed E-state index contributed by atoms with van der Waals surface area (Å²) < 4.78 is 6.43. The van der Waals surface area contributed by atoms with Crippen molar-refractivity contribution in [2.75, 3.05) is 6.26 Å². The second kappa shape index (κ2) is 6.58. The van der Waals surface area contributed by atoms with Crippen molar-refractivity contribution in [3.8, 4) is 5.88 Å². The number of hydrogen-bond donors (Lipinski definition) is 0. The highest BCUT2D eigenvalue weighted by Gasteiger charge is 2.11. The predicted octanol–water partition coefficient (Wildman–Crippen LogP) is 4.04. The van der Waals surface area contributed by atoms with Gasteiger partial charge in [-0.25, -0.2) is 4.98 Å². The molecule has 18 heavy (non-hydrogen) atoms. The molecule has 0 saturated heterocycles. The number of halogens is 2. The van der Waals surface area contributed by atoms with E-state index in [-0.39, 0.29) is 0 Å². The molecule has 0 fully saturated rings. The van der Waals surface area contributed by atoms with Crippen LogP contribution in [0.5, 0.6) is 5.88 Å². The number of ether oxygens (including phenoxy) is 1. The zero-order valence-electron chi connectivity index (χ0n) is 9.56. The normalized spacial score (nSPS) is 10.4. The summed E-state index contributed by atoms with van der Waals surface area (Å²) in [4.78, 5) is 8.44. The van der Waals surface area contributed by atoms with Crippen LogP contribution in [0, 0.1) is 3.57 Å². The number of benzene rings is 1. The van der Waals surface area contributed by atoms with Crippen molar-refractivity contribution in [3.63, 3.8) is 0 Å². The Bertz CT molecular complexity index is 539. The summed E-state index contributed by atoms with van der Waals surface area (Å²) in [5.74, 6) is 0.531. The van der Waals surface area contributed by atoms with E-state index in [9.17, 15) is 0 Å². The second-order valence-corrected chi connectivity index (χ2v) is 5.60. The van der Waals surface area contributed by atoms with Crippen molar-refractivity contribution in [1.29, 1.82) is 0 Å². The molecule has 3 nitrogen and oxygen atoms in total. The maximum Gasteiger partial charge on any atom is 0.233 e. The summed E-state index contributed by atoms with van der Waals surface area (Å²) in [6.45, 7) is 0.470. The third-order valence-electron chi connectivity index (χ3n) is 2.16. The van der Waals surface area contributed by atoms with Gasteiger partial charge in [0.15, 0.2) is 10.3 Å². The molecule has 0 N–H and O–H groups in total. The molecule has 1 aromatic carbocycles. The van der Waals surface area contributed by atoms with Crippen molar-refractivity contribution in [3.05, 3.63) is 44.6 Å². The highest BCUT2D eigenvalue weighted by Crippen LogP contribution is 2.27. The average molecular weight is 393 g/mol. The van der Waals surface area contributed by atoms with Crippen molar-refractivity contribution in [2.24, 2.45) is 0 Å². The molecule has 0 spiro atoms. The summed E-state index contributed by atoms with van der Waals surface area (Å²) in [7, 11) is 0. The van der Waals surface area contributed by atoms with E-state index in [0.29, 0.717) is 22.8 Å². The molecule has 94 valence electrons. The van der Waals surface area contributed by atoms with E-state index < -0.39 is 0 Å². The summed E-state index contributed by atoms with van der Waals surface area (Å²) in [6.07, 6.45) is 1.90. The molecule has 0 aliphatic carbocycles. The quantitative estimate of drug-likeness (QED) is 0.340. The monoisotopic (exact) mass is 392 g/mol. The molecule has 0 aliphatic rings. The maximum atomic E-state index is 6.03. The van der Waals surface area contributed by atoms with Crippen LogP contribution in [0.3, 0.4) is 0 Å². The van der Waals surface area contributed by atoms with E-state index in [4.69, 9.17) is 16.3 Å². The third kappa shape index (κ3) is 3.49. The maximum absolute atomic E-state index is 6.03. The average Bonchev–Trinajstić information content (AvgIpc) is 2.41. The van der Waals surface area contributed by atoms with Crippen LogP contribution in [0.4, 0.5) is 0 Å². The lowest BCUT2D eigenvalue weighted by molar-refractivity contribution is 0.288. The molecular formula is C12H10ClIN2OS. The van der Waals surface area contributed by atoms with Crippen molar-refractivity contribution in [2.45, 2.75) is 11.8 Å². The molecule has 0 amide bonds. The zero-order valence-corrected chi connectivity index (χ0v) is 13.3. The lowest BCUT2D eigenvalue weighted by Crippen LogP contribution is -2.01. The zero-order chi connectivity index (χ0) is 13.0. The van der Waals surface area contributed by atoms with E-state index in [1.165, 1.54) is 11.8 Å². The molecule has 0 atom stereocenters. The van der Waals surface area contributed by atoms with Gasteiger partial charge in [0.25, 0.3) is 0 Å². The minimum absolute atomic E-state index is 0.429. The van der Waals surface area contributed by atoms with Crippen LogP contribution in [0.1, 0.15) is 5.56 Å². The van der Waals surface area contributed by atoms with Crippen LogP contribution in [0.25, 0.3) is 0 Å². The first-order valence-corrected chi connectivity index (χ1v) is 7.82. The first-order valence-electron chi connectivity index (χ1n) is 5.14. The molecule has 0 bridgehead atoms. The van der Waals surface area contributed by atoms with Gasteiger partial charge in [0, 0.05) is 0 Å². The van der Waals surface area contributed by atoms with Crippen molar-refractivity contribution in [1.82, 2.24) is 9.97 Å². The SMILES string of the molecule is CSc1nc(Cl)c(I)c(OCc2ccccc2)n1. The van der Waals surface area contributed by atoms with Crippen LogP contribution in [-0.4, -0.2) is 16.2 Å². The highest BCUT2D eigenvalue weighted by atomic mass is 127. The number of hydrogen-bond acceptors (Lipinski definition) is 4. The Morgan fingerprint density at radius 2 is 2.00 bits per heavy atom. The Morgan fingerprint density at radius 1 is 1.28 bits per heavy atom. The summed E-state index contributed by atoms with van der Waals surface area (Å²) >= 11 is 9.55. The van der Waals surface area contributed by atoms with Crippen LogP contribution in [-0.2, 0) is 6.61 Å². The molecule has 2 aromatic rings. The standard InChI is InChI=1S/C12H10ClIN2OS/c1-18-12-15-10(13)9(14)11(16-12)17-7-8-5-3-2-4-6-8/h2-6H,7H2,1H3. The Morgan fingerprint density at radius 3 is 2.67 bits per heavy atom. The van der Waals surface area contributed by atoms with Gasteiger partial charge in [-0.2, -0.15) is 4.98 Å². The van der Waals surface area contributed by atoms with Gasteiger partial charge < -0.3 is 4.74 Å². The number of rotatable bonds is 4. The van der Waals surface area contributed by atoms with Crippen LogP contribution in [0.15, 0.2) is 35.5 Å². The van der Waals surface area contributed by atoms with E-state index in [1.807, 2.05) is 36.6 Å². The van der Waals surface area contributed by atoms with Gasteiger partial charge in [-0.05, 0) is 34.4 Å². The molecule has 0 aliphatic heterocycles. The van der Waals surface area contributed by atoms with Crippen molar-refractivity contribution < 1.29 is 4.74 Å². The van der Waals surface area contributed by atoms with E-state index in [0.717, 1.165) is 9.13 Å². The Hall–Kier alpha value is -0.530. The van der Waals surface area contributed by atoms with Crippen LogP contribution < -0.4 is 4.74 Å². The fraction of sp³-hybridized carbons (Fsp3) is 0.167. The smallest absolute Gasteiger partial charge is 0.233 e. The Balaban J connectivity index is 2.16. The minimum Gasteiger partial charge on any atom is -0.472 e. The van der Waals surface area contributed by atoms with Gasteiger partial charge >= 0.3 is 0 Å². The molecule has 1 heterocycles. The van der Waals surface area contributed by atoms with Gasteiger partial charge in [-0.15, -0.1) is 0 Å². The van der Waals surface area contributed by atoms with E-state index >= 15 is 0 Å². The van der Waals surface area contributed by atoms with E-state index in [1.54, 1.807) is 0 Å². The summed E-state index contributed by atoms with van der Waals surface area (Å²) in [6, 6.07) is 9.94. The van der Waals surface area contributed by atoms with Crippen molar-refractivity contribution >= 4 is 46.0 Å². The number of thioether (sulfide) groups is 1. The fourth-order valence-electron chi connectivity index (χ4n) is 1.30. The topological polar surface area (TPSA) is 35.0 Å². The second-order valence-electron chi connectivity index (χ2n) is 3.39. The lowest BCUT2D eigenvalue weighted by Gasteiger charge is -2.09. The fourth-order valence-corrected chi connectivity index (χ4v) is 2.26. The highest BCUT2D eigenvalue weighted by molar-refractivity contribution is 14.1. The minimum atomic E-state index is 0.429. The summed E-state index contributed by atoms with van der Waals surface area (Å²) in [5, 5.41) is 1.04. The number of nitrogens with zero attached hydrogens (tertiary/aromatic N) is 2. The van der Waals surface area contributed by atoms with Gasteiger partial charge in [-0.3, -0.25) is 0 Å². The molecule has 1 aromatic heterocycles.